The van der Waals surface area contributed by atoms with E-state index in [0.29, 0.717) is 16.3 Å². The van der Waals surface area contributed by atoms with E-state index in [0.717, 1.165) is 23.1 Å². The molecule has 2 heterocycles. The van der Waals surface area contributed by atoms with Gasteiger partial charge in [0.15, 0.2) is 6.04 Å². The lowest BCUT2D eigenvalue weighted by molar-refractivity contribution is -0.779. The lowest BCUT2D eigenvalue weighted by Crippen LogP contribution is -2.36. The fourth-order valence-corrected chi connectivity index (χ4v) is 3.14. The van der Waals surface area contributed by atoms with Crippen molar-refractivity contribution in [2.75, 3.05) is 12.9 Å². The fraction of sp³-hybridized carbons (Fsp3) is 0.250. The number of thioether (sulfide) groups is 1. The van der Waals surface area contributed by atoms with Crippen LogP contribution in [-0.2, 0) is 0 Å². The van der Waals surface area contributed by atoms with Gasteiger partial charge in [-0.2, -0.15) is 5.26 Å². The largest absolute Gasteiger partial charge is 0.861 e. The highest BCUT2D eigenvalue weighted by Gasteiger charge is 2.14. The normalized spacial score (nSPS) is 11.5. The van der Waals surface area contributed by atoms with Crippen molar-refractivity contribution in [2.24, 2.45) is 4.99 Å². The van der Waals surface area contributed by atoms with Gasteiger partial charge in [0.25, 0.3) is 6.20 Å². The number of methoxy groups -OCH3 is 1. The highest BCUT2D eigenvalue weighted by molar-refractivity contribution is 7.99. The molecule has 148 valence electrons. The van der Waals surface area contributed by atoms with E-state index in [1.807, 2.05) is 38.1 Å². The van der Waals surface area contributed by atoms with E-state index < -0.39 is 5.90 Å². The molecule has 8 nitrogen and oxygen atoms in total. The summed E-state index contributed by atoms with van der Waals surface area (Å²) in [5.41, 5.74) is 1.98. The van der Waals surface area contributed by atoms with Crippen LogP contribution in [0.15, 0.2) is 57.1 Å². The average molecular weight is 409 g/mol. The van der Waals surface area contributed by atoms with Gasteiger partial charge in [0.2, 0.25) is 5.27 Å². The van der Waals surface area contributed by atoms with Gasteiger partial charge in [0.1, 0.15) is 16.8 Å². The Balaban J connectivity index is 1.76. The van der Waals surface area contributed by atoms with Crippen molar-refractivity contribution >= 4 is 23.5 Å². The molecule has 0 saturated heterocycles. The third-order valence-electron chi connectivity index (χ3n) is 3.93. The summed E-state index contributed by atoms with van der Waals surface area (Å²) in [6.45, 7) is 3.88. The molecule has 3 rings (SSSR count). The first-order valence-electron chi connectivity index (χ1n) is 8.81. The Kier molecular flexibility index (Phi) is 6.46. The molecule has 29 heavy (non-hydrogen) atoms. The van der Waals surface area contributed by atoms with E-state index in [1.165, 1.54) is 0 Å². The molecular weight excluding hydrogens is 390 g/mol. The van der Waals surface area contributed by atoms with E-state index in [2.05, 4.69) is 21.3 Å². The van der Waals surface area contributed by atoms with Gasteiger partial charge in [0, 0.05) is 11.3 Å². The maximum atomic E-state index is 12.2. The molecule has 0 atom stereocenters. The van der Waals surface area contributed by atoms with E-state index in [4.69, 9.17) is 9.26 Å². The van der Waals surface area contributed by atoms with Gasteiger partial charge in [-0.1, -0.05) is 11.8 Å². The van der Waals surface area contributed by atoms with E-state index in [1.54, 1.807) is 30.1 Å². The highest BCUT2D eigenvalue weighted by atomic mass is 32.2. The van der Waals surface area contributed by atoms with Gasteiger partial charge < -0.3 is 9.84 Å². The number of benzene rings is 1. The van der Waals surface area contributed by atoms with Gasteiger partial charge in [-0.3, -0.25) is 4.52 Å². The zero-order chi connectivity index (χ0) is 20.8. The van der Waals surface area contributed by atoms with Crippen molar-refractivity contribution in [3.8, 4) is 23.1 Å². The van der Waals surface area contributed by atoms with Crippen LogP contribution in [0.25, 0.3) is 11.3 Å². The van der Waals surface area contributed by atoms with Crippen molar-refractivity contribution in [2.45, 2.75) is 24.9 Å². The molecule has 0 aliphatic carbocycles. The summed E-state index contributed by atoms with van der Waals surface area (Å²) in [6.07, 6.45) is 1.57. The summed E-state index contributed by atoms with van der Waals surface area (Å²) in [7, 11) is 1.60. The average Bonchev–Trinajstić information content (AvgIpc) is 3.21. The molecule has 0 aliphatic rings. The standard InChI is InChI=1S/C20H19N5O3S/c1-13(2)25-11-19(28-24-25)23-18(26)12-29-20-15(10-21)6-9-17(22-20)14-4-7-16(27-3)8-5-14/h4-9,11,13H,12H2,1-3H3. The zero-order valence-electron chi connectivity index (χ0n) is 16.2. The van der Waals surface area contributed by atoms with Crippen LogP contribution in [0.4, 0.5) is 5.88 Å². The molecule has 0 saturated carbocycles. The Morgan fingerprint density at radius 1 is 1.31 bits per heavy atom. The Morgan fingerprint density at radius 3 is 2.69 bits per heavy atom. The summed E-state index contributed by atoms with van der Waals surface area (Å²) < 4.78 is 11.8. The SMILES string of the molecule is COc1ccc(-c2ccc(C#N)c(SC/C([O-])=N/c3c[n+](C(C)C)no3)n2)cc1. The summed E-state index contributed by atoms with van der Waals surface area (Å²) in [4.78, 5) is 8.44. The van der Waals surface area contributed by atoms with Crippen molar-refractivity contribution < 1.29 is 19.0 Å². The summed E-state index contributed by atoms with van der Waals surface area (Å²) >= 11 is 1.16. The second-order valence-corrected chi connectivity index (χ2v) is 7.26. The van der Waals surface area contributed by atoms with Crippen LogP contribution in [0.3, 0.4) is 0 Å². The minimum absolute atomic E-state index is 0.0239. The number of pyridine rings is 1. The molecule has 0 N–H and O–H groups in total. The smallest absolute Gasteiger partial charge is 0.320 e. The Bertz CT molecular complexity index is 1050. The lowest BCUT2D eigenvalue weighted by atomic mass is 10.1. The number of hydrogen-bond acceptors (Lipinski definition) is 8. The van der Waals surface area contributed by atoms with Gasteiger partial charge in [-0.05, 0) is 60.8 Å². The Hall–Kier alpha value is -3.38. The van der Waals surface area contributed by atoms with Crippen LogP contribution in [-0.4, -0.2) is 29.0 Å². The molecule has 0 bridgehead atoms. The minimum Gasteiger partial charge on any atom is -0.861 e. The van der Waals surface area contributed by atoms with E-state index in [-0.39, 0.29) is 17.7 Å². The van der Waals surface area contributed by atoms with Crippen molar-refractivity contribution in [3.05, 3.63) is 48.2 Å². The van der Waals surface area contributed by atoms with Crippen LogP contribution >= 0.6 is 11.8 Å². The second kappa shape index (κ2) is 9.21. The molecule has 0 amide bonds. The van der Waals surface area contributed by atoms with Crippen LogP contribution in [0, 0.1) is 11.3 Å². The van der Waals surface area contributed by atoms with Crippen LogP contribution in [0.5, 0.6) is 5.75 Å². The number of nitrogens with zero attached hydrogens (tertiary/aromatic N) is 5. The number of ether oxygens (including phenoxy) is 1. The van der Waals surface area contributed by atoms with Gasteiger partial charge in [-0.15, -0.1) is 0 Å². The third-order valence-corrected chi connectivity index (χ3v) is 4.91. The molecule has 0 fully saturated rings. The summed E-state index contributed by atoms with van der Waals surface area (Å²) in [5, 5.41) is 25.8. The van der Waals surface area contributed by atoms with Gasteiger partial charge in [0.05, 0.1) is 18.4 Å². The fourth-order valence-electron chi connectivity index (χ4n) is 2.39. The van der Waals surface area contributed by atoms with E-state index >= 15 is 0 Å². The molecule has 0 aliphatic heterocycles. The molecule has 0 radical (unpaired) electrons. The number of hydrogen-bond donors (Lipinski definition) is 0. The van der Waals surface area contributed by atoms with E-state index in [9.17, 15) is 10.4 Å². The molecule has 1 aromatic carbocycles. The number of nitriles is 1. The van der Waals surface area contributed by atoms with Gasteiger partial charge in [-0.25, -0.2) is 9.98 Å². The highest BCUT2D eigenvalue weighted by Crippen LogP contribution is 2.26. The molecule has 9 heteroatoms. The van der Waals surface area contributed by atoms with Crippen molar-refractivity contribution in [1.82, 2.24) is 10.3 Å². The quantitative estimate of drug-likeness (QED) is 0.255. The maximum absolute atomic E-state index is 12.2. The molecule has 0 spiro atoms. The van der Waals surface area contributed by atoms with Crippen LogP contribution < -0.4 is 14.5 Å². The summed E-state index contributed by atoms with van der Waals surface area (Å²) in [5.74, 6) is 0.513. The molecule has 2 aromatic heterocycles. The van der Waals surface area contributed by atoms with Crippen molar-refractivity contribution in [1.29, 1.82) is 5.26 Å². The Labute approximate surface area is 172 Å². The van der Waals surface area contributed by atoms with Crippen molar-refractivity contribution in [3.63, 3.8) is 0 Å². The van der Waals surface area contributed by atoms with Gasteiger partial charge >= 0.3 is 5.88 Å². The first-order valence-corrected chi connectivity index (χ1v) is 9.80. The van der Waals surface area contributed by atoms with Crippen LogP contribution in [0.1, 0.15) is 25.5 Å². The molecular formula is C20H19N5O3S. The lowest BCUT2D eigenvalue weighted by Gasteiger charge is -2.10. The predicted octanol–water partition coefficient (Wildman–Crippen LogP) is 2.67. The number of aromatic nitrogens is 3. The zero-order valence-corrected chi connectivity index (χ0v) is 17.0. The Morgan fingerprint density at radius 2 is 2.07 bits per heavy atom. The topological polar surface area (TPSA) is 111 Å². The number of aliphatic imine (C=N–C) groups is 1. The number of rotatable bonds is 7. The maximum Gasteiger partial charge on any atom is 0.320 e. The molecule has 3 aromatic rings. The minimum atomic E-state index is -0.400. The monoisotopic (exact) mass is 409 g/mol. The molecule has 0 unspecified atom stereocenters. The summed E-state index contributed by atoms with van der Waals surface area (Å²) in [6, 6.07) is 13.1. The predicted molar refractivity (Wildman–Crippen MR) is 106 cm³/mol. The van der Waals surface area contributed by atoms with Crippen LogP contribution in [0.2, 0.25) is 0 Å². The first-order chi connectivity index (χ1) is 14.0. The second-order valence-electron chi connectivity index (χ2n) is 6.30. The first kappa shape index (κ1) is 20.4. The third kappa shape index (κ3) is 5.12.